The molecule has 1 aliphatic rings. The summed E-state index contributed by atoms with van der Waals surface area (Å²) in [5.74, 6) is -3.51. The van der Waals surface area contributed by atoms with Crippen LogP contribution in [0.15, 0.2) is 33.4 Å². The van der Waals surface area contributed by atoms with Gasteiger partial charge in [0.15, 0.2) is 18.3 Å². The molecule has 1 aromatic carbocycles. The van der Waals surface area contributed by atoms with E-state index in [4.69, 9.17) is 23.7 Å². The summed E-state index contributed by atoms with van der Waals surface area (Å²) in [6.07, 6.45) is -6.53. The van der Waals surface area contributed by atoms with E-state index < -0.39 is 79.3 Å². The number of aromatic nitrogens is 1. The van der Waals surface area contributed by atoms with Gasteiger partial charge in [-0.25, -0.2) is 13.4 Å². The highest BCUT2D eigenvalue weighted by atomic mass is 32.2. The number of rotatable bonds is 7. The van der Waals surface area contributed by atoms with Gasteiger partial charge in [0.2, 0.25) is 24.4 Å². The van der Waals surface area contributed by atoms with Crippen LogP contribution in [-0.2, 0) is 52.7 Å². The van der Waals surface area contributed by atoms with E-state index in [-0.39, 0.29) is 10.9 Å². The normalized spacial score (nSPS) is 23.6. The van der Waals surface area contributed by atoms with Crippen LogP contribution in [0.3, 0.4) is 0 Å². The molecule has 200 valence electrons. The van der Waals surface area contributed by atoms with E-state index in [9.17, 15) is 32.4 Å². The Bertz CT molecular complexity index is 1390. The molecule has 1 saturated heterocycles. The second-order valence-corrected chi connectivity index (χ2v) is 11.1. The minimum atomic E-state index is -4.73. The average molecular weight is 558 g/mol. The Labute approximate surface area is 214 Å². The van der Waals surface area contributed by atoms with Crippen LogP contribution < -0.4 is 4.74 Å². The topological polar surface area (TPSA) is 179 Å². The Balaban J connectivity index is 2.18. The largest absolute Gasteiger partial charge is 0.463 e. The summed E-state index contributed by atoms with van der Waals surface area (Å²) in [5, 5.41) is 0.188. The van der Waals surface area contributed by atoms with Crippen LogP contribution in [0.1, 0.15) is 27.7 Å². The van der Waals surface area contributed by atoms with E-state index >= 15 is 0 Å². The minimum Gasteiger partial charge on any atom is -0.463 e. The number of carbonyl (C=O) groups excluding carboxylic acids is 4. The molecule has 15 heteroatoms. The Kier molecular flexibility index (Phi) is 8.60. The monoisotopic (exact) mass is 557 g/mol. The lowest BCUT2D eigenvalue weighted by Gasteiger charge is -2.43. The van der Waals surface area contributed by atoms with Crippen molar-refractivity contribution in [1.82, 2.24) is 4.98 Å². The molecular weight excluding hydrogens is 534 g/mol. The quantitative estimate of drug-likeness (QED) is 0.340. The highest BCUT2D eigenvalue weighted by molar-refractivity contribution is 7.93. The first kappa shape index (κ1) is 28.1. The van der Waals surface area contributed by atoms with Crippen LogP contribution in [0.5, 0.6) is 0 Å². The highest BCUT2D eigenvalue weighted by Crippen LogP contribution is 2.34. The van der Waals surface area contributed by atoms with Gasteiger partial charge in [0.25, 0.3) is 0 Å². The molecule has 0 amide bonds. The smallest absolute Gasteiger partial charge is 0.303 e. The van der Waals surface area contributed by atoms with Crippen molar-refractivity contribution >= 4 is 56.0 Å². The lowest BCUT2D eigenvalue weighted by molar-refractivity contribution is -0.238. The van der Waals surface area contributed by atoms with Crippen molar-refractivity contribution in [1.29, 1.82) is 0 Å². The fraction of sp³-hybridized carbons (Fsp3) is 0.455. The maximum Gasteiger partial charge on any atom is 0.303 e. The number of fused-ring (bicyclic) bond motifs is 1. The van der Waals surface area contributed by atoms with E-state index in [2.05, 4.69) is 4.98 Å². The third kappa shape index (κ3) is 6.47. The molecule has 3 rings (SSSR count). The van der Waals surface area contributed by atoms with Crippen molar-refractivity contribution in [3.8, 4) is 0 Å². The first-order valence-electron chi connectivity index (χ1n) is 10.8. The SMILES string of the molecule is CC(=O)OCC1OC(S(=O)(=O)c2nc3ccccc3c(=O)s2)C(OC(C)=O)C(OC(C)=O)C1OC(C)=O. The zero-order chi connectivity index (χ0) is 27.5. The summed E-state index contributed by atoms with van der Waals surface area (Å²) in [4.78, 5) is 63.9. The second-order valence-electron chi connectivity index (χ2n) is 7.90. The molecule has 1 fully saturated rings. The number of carbonyl (C=O) groups is 4. The molecule has 0 radical (unpaired) electrons. The van der Waals surface area contributed by atoms with Gasteiger partial charge >= 0.3 is 23.9 Å². The summed E-state index contributed by atoms with van der Waals surface area (Å²) < 4.78 is 52.6. The molecule has 0 bridgehead atoms. The van der Waals surface area contributed by atoms with E-state index in [1.807, 2.05) is 0 Å². The highest BCUT2D eigenvalue weighted by Gasteiger charge is 2.57. The molecule has 5 atom stereocenters. The van der Waals surface area contributed by atoms with Gasteiger partial charge in [0, 0.05) is 27.7 Å². The van der Waals surface area contributed by atoms with Gasteiger partial charge in [0.05, 0.1) is 10.9 Å². The maximum atomic E-state index is 13.8. The average Bonchev–Trinajstić information content (AvgIpc) is 2.79. The standard InChI is InChI=1S/C22H23NO12S2/c1-10(24)31-9-16-17(32-11(2)25)18(33-12(3)26)19(34-13(4)27)21(35-16)37(29,30)22-23-15-8-6-5-7-14(15)20(28)36-22/h5-8,16-19,21H,9H2,1-4H3. The zero-order valence-corrected chi connectivity index (χ0v) is 21.7. The molecule has 0 saturated carbocycles. The summed E-state index contributed by atoms with van der Waals surface area (Å²) in [6.45, 7) is 3.50. The summed E-state index contributed by atoms with van der Waals surface area (Å²) in [5.41, 5.74) is -1.99. The number of para-hydroxylation sites is 1. The molecule has 1 aromatic heterocycles. The van der Waals surface area contributed by atoms with Crippen LogP contribution in [0.25, 0.3) is 10.9 Å². The van der Waals surface area contributed by atoms with E-state index in [0.29, 0.717) is 11.3 Å². The summed E-state index contributed by atoms with van der Waals surface area (Å²) >= 11 is 0.321. The van der Waals surface area contributed by atoms with Crippen LogP contribution in [-0.4, -0.2) is 73.7 Å². The molecular formula is C22H23NO12S2. The number of benzene rings is 1. The number of hydrogen-bond acceptors (Lipinski definition) is 14. The molecule has 5 unspecified atom stereocenters. The Morgan fingerprint density at radius 1 is 0.892 bits per heavy atom. The predicted octanol–water partition coefficient (Wildman–Crippen LogP) is 0.513. The second kappa shape index (κ2) is 11.3. The third-order valence-electron chi connectivity index (χ3n) is 5.01. The molecule has 37 heavy (non-hydrogen) atoms. The first-order chi connectivity index (χ1) is 17.3. The molecule has 0 spiro atoms. The zero-order valence-electron chi connectivity index (χ0n) is 20.1. The van der Waals surface area contributed by atoms with Gasteiger partial charge in [-0.05, 0) is 12.1 Å². The summed E-state index contributed by atoms with van der Waals surface area (Å²) in [6, 6.07) is 6.07. The Morgan fingerprint density at radius 2 is 1.46 bits per heavy atom. The Morgan fingerprint density at radius 3 is 2.05 bits per heavy atom. The molecule has 13 nitrogen and oxygen atoms in total. The van der Waals surface area contributed by atoms with Gasteiger partial charge in [-0.15, -0.1) is 0 Å². The number of hydrogen-bond donors (Lipinski definition) is 0. The van der Waals surface area contributed by atoms with Crippen molar-refractivity contribution in [2.45, 2.75) is 61.9 Å². The van der Waals surface area contributed by atoms with E-state index in [0.717, 1.165) is 27.7 Å². The van der Waals surface area contributed by atoms with Gasteiger partial charge in [0.1, 0.15) is 12.7 Å². The van der Waals surface area contributed by atoms with Gasteiger partial charge < -0.3 is 23.7 Å². The van der Waals surface area contributed by atoms with Crippen molar-refractivity contribution in [3.05, 3.63) is 33.8 Å². The van der Waals surface area contributed by atoms with Gasteiger partial charge in [-0.1, -0.05) is 23.5 Å². The minimum absolute atomic E-state index is 0.0930. The number of ether oxygens (including phenoxy) is 5. The fourth-order valence-electron chi connectivity index (χ4n) is 3.66. The molecule has 0 aliphatic carbocycles. The predicted molar refractivity (Wildman–Crippen MR) is 125 cm³/mol. The van der Waals surface area contributed by atoms with Gasteiger partial charge in [-0.3, -0.25) is 24.0 Å². The lowest BCUT2D eigenvalue weighted by atomic mass is 9.99. The van der Waals surface area contributed by atoms with E-state index in [1.165, 1.54) is 12.1 Å². The number of esters is 4. The van der Waals surface area contributed by atoms with Crippen LogP contribution >= 0.6 is 11.3 Å². The van der Waals surface area contributed by atoms with Gasteiger partial charge in [-0.2, -0.15) is 0 Å². The molecule has 0 N–H and O–H groups in total. The molecule has 2 heterocycles. The molecule has 1 aliphatic heterocycles. The van der Waals surface area contributed by atoms with Crippen molar-refractivity contribution in [2.24, 2.45) is 0 Å². The Hall–Kier alpha value is -3.43. The summed E-state index contributed by atoms with van der Waals surface area (Å²) in [7, 11) is -4.73. The first-order valence-corrected chi connectivity index (χ1v) is 13.1. The van der Waals surface area contributed by atoms with Crippen molar-refractivity contribution in [3.63, 3.8) is 0 Å². The lowest BCUT2D eigenvalue weighted by Crippen LogP contribution is -2.64. The van der Waals surface area contributed by atoms with Crippen LogP contribution in [0.2, 0.25) is 0 Å². The number of sulfone groups is 1. The fourth-order valence-corrected chi connectivity index (χ4v) is 6.50. The molecule has 2 aromatic rings. The third-order valence-corrected chi connectivity index (χ3v) is 8.20. The van der Waals surface area contributed by atoms with Crippen LogP contribution in [0.4, 0.5) is 0 Å². The maximum absolute atomic E-state index is 13.8. The van der Waals surface area contributed by atoms with Crippen LogP contribution in [0, 0.1) is 0 Å². The van der Waals surface area contributed by atoms with Crippen molar-refractivity contribution in [2.75, 3.05) is 6.61 Å². The van der Waals surface area contributed by atoms with Crippen molar-refractivity contribution < 1.29 is 51.3 Å². The van der Waals surface area contributed by atoms with E-state index in [1.54, 1.807) is 12.1 Å². The number of nitrogens with zero attached hydrogens (tertiary/aromatic N) is 1.